The van der Waals surface area contributed by atoms with Crippen molar-refractivity contribution in [3.05, 3.63) is 42.0 Å². The molecule has 0 saturated heterocycles. The lowest BCUT2D eigenvalue weighted by Crippen LogP contribution is -2.30. The van der Waals surface area contributed by atoms with Gasteiger partial charge in [0.1, 0.15) is 5.75 Å². The highest BCUT2D eigenvalue weighted by molar-refractivity contribution is 5.84. The Morgan fingerprint density at radius 3 is 2.48 bits per heavy atom. The molecule has 0 aromatic heterocycles. The van der Waals surface area contributed by atoms with E-state index in [0.29, 0.717) is 0 Å². The molecule has 0 N–H and O–H groups in total. The van der Waals surface area contributed by atoms with Gasteiger partial charge >= 0.3 is 0 Å². The van der Waals surface area contributed by atoms with Gasteiger partial charge in [-0.25, -0.2) is 0 Å². The Hall–Kier alpha value is -1.50. The quantitative estimate of drug-likeness (QED) is 0.587. The summed E-state index contributed by atoms with van der Waals surface area (Å²) in [5, 5.41) is 2.64. The molecule has 0 spiro atoms. The summed E-state index contributed by atoms with van der Waals surface area (Å²) in [6, 6.07) is 13.5. The Kier molecular flexibility index (Phi) is 5.01. The van der Waals surface area contributed by atoms with Gasteiger partial charge in [0, 0.05) is 0 Å². The van der Waals surface area contributed by atoms with Gasteiger partial charge in [0.15, 0.2) is 0 Å². The molecule has 2 aliphatic rings. The highest BCUT2D eigenvalue weighted by atomic mass is 16.5. The predicted molar refractivity (Wildman–Crippen MR) is 106 cm³/mol. The van der Waals surface area contributed by atoms with Crippen LogP contribution in [0.5, 0.6) is 5.75 Å². The van der Waals surface area contributed by atoms with Crippen molar-refractivity contribution in [2.45, 2.75) is 64.2 Å². The number of methoxy groups -OCH3 is 1. The third kappa shape index (κ3) is 3.57. The summed E-state index contributed by atoms with van der Waals surface area (Å²) in [5.41, 5.74) is 1.56. The average Bonchev–Trinajstić information content (AvgIpc) is 2.67. The van der Waals surface area contributed by atoms with E-state index in [4.69, 9.17) is 4.74 Å². The normalized spacial score (nSPS) is 29.4. The fourth-order valence-corrected chi connectivity index (χ4v) is 5.58. The Labute approximate surface area is 152 Å². The molecule has 0 bridgehead atoms. The predicted octanol–water partition coefficient (Wildman–Crippen LogP) is 6.95. The highest BCUT2D eigenvalue weighted by Gasteiger charge is 2.35. The minimum absolute atomic E-state index is 0.774. The van der Waals surface area contributed by atoms with Crippen LogP contribution in [0.15, 0.2) is 36.4 Å². The van der Waals surface area contributed by atoms with Crippen LogP contribution in [0.4, 0.5) is 0 Å². The summed E-state index contributed by atoms with van der Waals surface area (Å²) in [7, 11) is 1.74. The molecule has 1 heteroatoms. The Morgan fingerprint density at radius 2 is 1.64 bits per heavy atom. The van der Waals surface area contributed by atoms with Crippen LogP contribution in [0.2, 0.25) is 0 Å². The van der Waals surface area contributed by atoms with Gasteiger partial charge in [-0.2, -0.15) is 0 Å². The zero-order valence-corrected chi connectivity index (χ0v) is 15.8. The van der Waals surface area contributed by atoms with Gasteiger partial charge in [-0.05, 0) is 84.2 Å². The molecule has 0 heterocycles. The van der Waals surface area contributed by atoms with Crippen LogP contribution in [0.1, 0.15) is 69.8 Å². The molecule has 4 atom stereocenters. The van der Waals surface area contributed by atoms with Crippen molar-refractivity contribution in [3.8, 4) is 5.75 Å². The number of hydrogen-bond acceptors (Lipinski definition) is 1. The highest BCUT2D eigenvalue weighted by Crippen LogP contribution is 2.48. The van der Waals surface area contributed by atoms with Crippen molar-refractivity contribution < 1.29 is 4.74 Å². The maximum absolute atomic E-state index is 5.35. The third-order valence-corrected chi connectivity index (χ3v) is 6.96. The molecule has 4 rings (SSSR count). The largest absolute Gasteiger partial charge is 0.497 e. The van der Waals surface area contributed by atoms with E-state index in [1.807, 2.05) is 0 Å². The van der Waals surface area contributed by atoms with Crippen molar-refractivity contribution in [1.82, 2.24) is 0 Å². The molecule has 134 valence electrons. The smallest absolute Gasteiger partial charge is 0.119 e. The third-order valence-electron chi connectivity index (χ3n) is 6.96. The standard InChI is InChI=1S/C24H32O/c1-3-4-17-5-6-19-14-20(8-7-18(19)13-17)21-9-10-23-16-24(25-2)12-11-22(23)15-21/h9-12,15-20H,3-8,13-14H2,1-2H3/t17?,18-,19?,20-/m1/s1. The SMILES string of the molecule is CCCC1CCC2C[C@H](c3ccc4cc(OC)ccc4c3)CC[C@@H]2C1. The van der Waals surface area contributed by atoms with Crippen molar-refractivity contribution in [1.29, 1.82) is 0 Å². The second-order valence-corrected chi connectivity index (χ2v) is 8.47. The summed E-state index contributed by atoms with van der Waals surface area (Å²) in [4.78, 5) is 0. The molecule has 2 saturated carbocycles. The van der Waals surface area contributed by atoms with Crippen molar-refractivity contribution in [2.75, 3.05) is 7.11 Å². The monoisotopic (exact) mass is 336 g/mol. The van der Waals surface area contributed by atoms with Crippen LogP contribution in [0.3, 0.4) is 0 Å². The molecule has 25 heavy (non-hydrogen) atoms. The molecule has 0 aliphatic heterocycles. The minimum atomic E-state index is 0.774. The van der Waals surface area contributed by atoms with E-state index in [2.05, 4.69) is 43.3 Å². The molecular weight excluding hydrogens is 304 g/mol. The molecule has 2 aliphatic carbocycles. The van der Waals surface area contributed by atoms with Gasteiger partial charge in [0.05, 0.1) is 7.11 Å². The average molecular weight is 337 g/mol. The number of ether oxygens (including phenoxy) is 1. The summed E-state index contributed by atoms with van der Waals surface area (Å²) < 4.78 is 5.35. The van der Waals surface area contributed by atoms with Gasteiger partial charge in [-0.1, -0.05) is 50.5 Å². The summed E-state index contributed by atoms with van der Waals surface area (Å²) in [5.74, 6) is 4.75. The number of hydrogen-bond donors (Lipinski definition) is 0. The lowest BCUT2D eigenvalue weighted by Gasteiger charge is -2.42. The maximum Gasteiger partial charge on any atom is 0.119 e. The van der Waals surface area contributed by atoms with E-state index in [-0.39, 0.29) is 0 Å². The van der Waals surface area contributed by atoms with E-state index in [9.17, 15) is 0 Å². The van der Waals surface area contributed by atoms with E-state index in [0.717, 1.165) is 29.4 Å². The lowest BCUT2D eigenvalue weighted by atomic mass is 9.63. The molecule has 2 aromatic rings. The summed E-state index contributed by atoms with van der Waals surface area (Å²) in [6.07, 6.45) is 11.6. The van der Waals surface area contributed by atoms with Crippen LogP contribution >= 0.6 is 0 Å². The fraction of sp³-hybridized carbons (Fsp3) is 0.583. The number of rotatable bonds is 4. The van der Waals surface area contributed by atoms with Crippen LogP contribution < -0.4 is 4.74 Å². The van der Waals surface area contributed by atoms with E-state index in [1.54, 1.807) is 12.7 Å². The van der Waals surface area contributed by atoms with Gasteiger partial charge in [-0.15, -0.1) is 0 Å². The topological polar surface area (TPSA) is 9.23 Å². The second-order valence-electron chi connectivity index (χ2n) is 8.47. The Morgan fingerprint density at radius 1 is 0.880 bits per heavy atom. The van der Waals surface area contributed by atoms with Gasteiger partial charge in [-0.3, -0.25) is 0 Å². The second kappa shape index (κ2) is 7.40. The molecule has 2 aromatic carbocycles. The fourth-order valence-electron chi connectivity index (χ4n) is 5.58. The van der Waals surface area contributed by atoms with Crippen LogP contribution in [0.25, 0.3) is 10.8 Å². The van der Waals surface area contributed by atoms with Gasteiger partial charge in [0.25, 0.3) is 0 Å². The number of fused-ring (bicyclic) bond motifs is 2. The Bertz CT molecular complexity index is 719. The van der Waals surface area contributed by atoms with Crippen molar-refractivity contribution >= 4 is 10.8 Å². The summed E-state index contributed by atoms with van der Waals surface area (Å²) in [6.45, 7) is 2.35. The maximum atomic E-state index is 5.35. The molecular formula is C24H32O. The first kappa shape index (κ1) is 16.9. The molecule has 2 unspecified atom stereocenters. The van der Waals surface area contributed by atoms with Crippen molar-refractivity contribution in [3.63, 3.8) is 0 Å². The summed E-state index contributed by atoms with van der Waals surface area (Å²) >= 11 is 0. The van der Waals surface area contributed by atoms with Crippen molar-refractivity contribution in [2.24, 2.45) is 17.8 Å². The first-order valence-corrected chi connectivity index (χ1v) is 10.3. The molecule has 0 radical (unpaired) electrons. The van der Waals surface area contributed by atoms with Gasteiger partial charge in [0.2, 0.25) is 0 Å². The van der Waals surface area contributed by atoms with Crippen LogP contribution in [0, 0.1) is 17.8 Å². The van der Waals surface area contributed by atoms with Crippen LogP contribution in [-0.2, 0) is 0 Å². The zero-order valence-electron chi connectivity index (χ0n) is 15.8. The zero-order chi connectivity index (χ0) is 17.2. The molecule has 1 nitrogen and oxygen atoms in total. The van der Waals surface area contributed by atoms with Crippen LogP contribution in [-0.4, -0.2) is 7.11 Å². The lowest BCUT2D eigenvalue weighted by molar-refractivity contribution is 0.114. The first-order chi connectivity index (χ1) is 12.3. The Balaban J connectivity index is 1.47. The van der Waals surface area contributed by atoms with Gasteiger partial charge < -0.3 is 4.74 Å². The first-order valence-electron chi connectivity index (χ1n) is 10.3. The number of benzene rings is 2. The minimum Gasteiger partial charge on any atom is -0.497 e. The van der Waals surface area contributed by atoms with E-state index < -0.39 is 0 Å². The molecule has 2 fully saturated rings. The molecule has 0 amide bonds. The van der Waals surface area contributed by atoms with E-state index in [1.165, 1.54) is 62.1 Å². The van der Waals surface area contributed by atoms with E-state index >= 15 is 0 Å².